The van der Waals surface area contributed by atoms with Gasteiger partial charge in [-0.25, -0.2) is 0 Å². The third-order valence-corrected chi connectivity index (χ3v) is 4.86. The minimum Gasteiger partial charge on any atom is -0.362 e. The maximum Gasteiger partial charge on any atom is 0.170 e. The van der Waals surface area contributed by atoms with Crippen LogP contribution in [0.15, 0.2) is 42.7 Å². The molecule has 0 aliphatic carbocycles. The van der Waals surface area contributed by atoms with Gasteiger partial charge in [-0.3, -0.25) is 9.36 Å². The second kappa shape index (κ2) is 8.81. The highest BCUT2D eigenvalue weighted by Gasteiger charge is 2.13. The Balaban J connectivity index is 1.56. The maximum atomic E-state index is 5.45. The van der Waals surface area contributed by atoms with Crippen LogP contribution in [0, 0.1) is 20.8 Å². The molecule has 0 radical (unpaired) electrons. The molecule has 2 aromatic heterocycles. The lowest BCUT2D eigenvalue weighted by Gasteiger charge is -2.12. The van der Waals surface area contributed by atoms with E-state index in [1.54, 1.807) is 6.20 Å². The first-order valence-corrected chi connectivity index (χ1v) is 9.56. The minimum absolute atomic E-state index is 0.622. The average Bonchev–Trinajstić information content (AvgIpc) is 3.25. The quantitative estimate of drug-likeness (QED) is 0.484. The highest BCUT2D eigenvalue weighted by atomic mass is 32.1. The van der Waals surface area contributed by atoms with Gasteiger partial charge in [-0.15, -0.1) is 0 Å². The van der Waals surface area contributed by atoms with Crippen molar-refractivity contribution in [2.45, 2.75) is 40.3 Å². The van der Waals surface area contributed by atoms with Crippen molar-refractivity contribution in [1.82, 2.24) is 24.9 Å². The second-order valence-electron chi connectivity index (χ2n) is 6.63. The van der Waals surface area contributed by atoms with Gasteiger partial charge in [0.05, 0.1) is 23.6 Å². The van der Waals surface area contributed by atoms with E-state index in [1.165, 1.54) is 11.1 Å². The fourth-order valence-corrected chi connectivity index (χ4v) is 3.22. The molecule has 3 rings (SSSR count). The molecule has 0 fully saturated rings. The molecule has 1 aromatic carbocycles. The fraction of sp³-hybridized carbons (Fsp3) is 0.350. The summed E-state index contributed by atoms with van der Waals surface area (Å²) >= 11 is 5.45. The Kier molecular flexibility index (Phi) is 6.24. The molecule has 7 heteroatoms. The Morgan fingerprint density at radius 2 is 1.96 bits per heavy atom. The Labute approximate surface area is 165 Å². The normalized spacial score (nSPS) is 10.8. The number of nitrogens with one attached hydrogen (secondary N) is 2. The number of anilines is 1. The standard InChI is InChI=1S/C20H26N6S/c1-15-8-4-5-9-18(15)14-26-17(3)19(16(2)24-26)23-20(27)21-10-6-12-25-13-7-11-22-25/h4-5,7-9,11,13H,6,10,12,14H2,1-3H3,(H2,21,23,27). The number of nitrogens with zero attached hydrogens (tertiary/aromatic N) is 4. The molecule has 0 aliphatic rings. The monoisotopic (exact) mass is 382 g/mol. The van der Waals surface area contributed by atoms with E-state index in [1.807, 2.05) is 28.6 Å². The van der Waals surface area contributed by atoms with E-state index >= 15 is 0 Å². The molecule has 142 valence electrons. The molecule has 0 saturated heterocycles. The molecule has 0 bridgehead atoms. The van der Waals surface area contributed by atoms with Gasteiger partial charge in [0.1, 0.15) is 0 Å². The van der Waals surface area contributed by atoms with Gasteiger partial charge in [0.2, 0.25) is 0 Å². The molecular formula is C20H26N6S. The highest BCUT2D eigenvalue weighted by Crippen LogP contribution is 2.21. The summed E-state index contributed by atoms with van der Waals surface area (Å²) in [4.78, 5) is 0. The van der Waals surface area contributed by atoms with Gasteiger partial charge >= 0.3 is 0 Å². The first kappa shape index (κ1) is 19.1. The van der Waals surface area contributed by atoms with Crippen molar-refractivity contribution in [2.75, 3.05) is 11.9 Å². The first-order chi connectivity index (χ1) is 13.0. The van der Waals surface area contributed by atoms with Crippen molar-refractivity contribution in [3.63, 3.8) is 0 Å². The molecule has 6 nitrogen and oxygen atoms in total. The first-order valence-electron chi connectivity index (χ1n) is 9.15. The zero-order chi connectivity index (χ0) is 19.2. The summed E-state index contributed by atoms with van der Waals surface area (Å²) in [6, 6.07) is 10.3. The summed E-state index contributed by atoms with van der Waals surface area (Å²) in [5, 5.41) is 16.1. The van der Waals surface area contributed by atoms with Crippen LogP contribution in [0.3, 0.4) is 0 Å². The number of hydrogen-bond donors (Lipinski definition) is 2. The van der Waals surface area contributed by atoms with Crippen molar-refractivity contribution in [1.29, 1.82) is 0 Å². The second-order valence-corrected chi connectivity index (χ2v) is 7.04. The third-order valence-electron chi connectivity index (χ3n) is 4.61. The topological polar surface area (TPSA) is 59.7 Å². The van der Waals surface area contributed by atoms with Crippen molar-refractivity contribution in [3.05, 3.63) is 65.2 Å². The molecule has 0 amide bonds. The van der Waals surface area contributed by atoms with Crippen LogP contribution < -0.4 is 10.6 Å². The lowest BCUT2D eigenvalue weighted by atomic mass is 10.1. The number of aryl methyl sites for hydroxylation is 3. The van der Waals surface area contributed by atoms with Gasteiger partial charge in [-0.05, 0) is 56.6 Å². The van der Waals surface area contributed by atoms with Crippen LogP contribution in [-0.2, 0) is 13.1 Å². The summed E-state index contributed by atoms with van der Waals surface area (Å²) < 4.78 is 3.95. The number of thiocarbonyl (C=S) groups is 1. The molecule has 3 aromatic rings. The third kappa shape index (κ3) is 4.95. The summed E-state index contributed by atoms with van der Waals surface area (Å²) in [6.07, 6.45) is 4.71. The molecule has 0 unspecified atom stereocenters. The zero-order valence-corrected chi connectivity index (χ0v) is 16.9. The Morgan fingerprint density at radius 3 is 2.70 bits per heavy atom. The van der Waals surface area contributed by atoms with Crippen molar-refractivity contribution in [3.8, 4) is 0 Å². The van der Waals surface area contributed by atoms with Crippen LogP contribution in [0.1, 0.15) is 28.9 Å². The lowest BCUT2D eigenvalue weighted by Crippen LogP contribution is -2.30. The molecule has 2 heterocycles. The molecule has 0 saturated carbocycles. The van der Waals surface area contributed by atoms with Crippen LogP contribution in [0.5, 0.6) is 0 Å². The molecule has 2 N–H and O–H groups in total. The Bertz CT molecular complexity index is 897. The van der Waals surface area contributed by atoms with E-state index in [9.17, 15) is 0 Å². The summed E-state index contributed by atoms with van der Waals surface area (Å²) in [5.74, 6) is 0. The largest absolute Gasteiger partial charge is 0.362 e. The van der Waals surface area contributed by atoms with Gasteiger partial charge in [0, 0.05) is 25.5 Å². The Hall–Kier alpha value is -2.67. The van der Waals surface area contributed by atoms with E-state index in [0.717, 1.165) is 43.1 Å². The maximum absolute atomic E-state index is 5.45. The minimum atomic E-state index is 0.622. The SMILES string of the molecule is Cc1ccccc1Cn1nc(C)c(NC(=S)NCCCn2cccn2)c1C. The van der Waals surface area contributed by atoms with E-state index < -0.39 is 0 Å². The predicted octanol–water partition coefficient (Wildman–Crippen LogP) is 3.43. The summed E-state index contributed by atoms with van der Waals surface area (Å²) in [7, 11) is 0. The van der Waals surface area contributed by atoms with E-state index in [2.05, 4.69) is 58.9 Å². The van der Waals surface area contributed by atoms with Crippen LogP contribution in [0.2, 0.25) is 0 Å². The van der Waals surface area contributed by atoms with Gasteiger partial charge in [-0.2, -0.15) is 10.2 Å². The number of benzene rings is 1. The van der Waals surface area contributed by atoms with Gasteiger partial charge in [0.15, 0.2) is 5.11 Å². The molecule has 0 aliphatic heterocycles. The smallest absolute Gasteiger partial charge is 0.170 e. The van der Waals surface area contributed by atoms with Crippen LogP contribution in [-0.4, -0.2) is 31.2 Å². The van der Waals surface area contributed by atoms with Gasteiger partial charge in [0.25, 0.3) is 0 Å². The van der Waals surface area contributed by atoms with Gasteiger partial charge < -0.3 is 10.6 Å². The van der Waals surface area contributed by atoms with Crippen LogP contribution in [0.25, 0.3) is 0 Å². The molecule has 0 spiro atoms. The average molecular weight is 383 g/mol. The van der Waals surface area contributed by atoms with E-state index in [-0.39, 0.29) is 0 Å². The fourth-order valence-electron chi connectivity index (χ4n) is 3.01. The highest BCUT2D eigenvalue weighted by molar-refractivity contribution is 7.80. The van der Waals surface area contributed by atoms with Crippen LogP contribution in [0.4, 0.5) is 5.69 Å². The summed E-state index contributed by atoms with van der Waals surface area (Å²) in [5.41, 5.74) is 5.55. The van der Waals surface area contributed by atoms with Crippen molar-refractivity contribution in [2.24, 2.45) is 0 Å². The van der Waals surface area contributed by atoms with Crippen LogP contribution >= 0.6 is 12.2 Å². The van der Waals surface area contributed by atoms with Crippen molar-refractivity contribution < 1.29 is 0 Å². The van der Waals surface area contributed by atoms with Gasteiger partial charge in [-0.1, -0.05) is 24.3 Å². The van der Waals surface area contributed by atoms with Crippen molar-refractivity contribution >= 4 is 23.0 Å². The predicted molar refractivity (Wildman–Crippen MR) is 113 cm³/mol. The molecular weight excluding hydrogens is 356 g/mol. The number of hydrogen-bond acceptors (Lipinski definition) is 3. The summed E-state index contributed by atoms with van der Waals surface area (Å²) in [6.45, 7) is 8.62. The Morgan fingerprint density at radius 1 is 1.15 bits per heavy atom. The number of rotatable bonds is 7. The molecule has 0 atom stereocenters. The number of aromatic nitrogens is 4. The molecule has 27 heavy (non-hydrogen) atoms. The van der Waals surface area contributed by atoms with E-state index in [4.69, 9.17) is 12.2 Å². The lowest BCUT2D eigenvalue weighted by molar-refractivity contribution is 0.574. The zero-order valence-electron chi connectivity index (χ0n) is 16.1. The van der Waals surface area contributed by atoms with E-state index in [0.29, 0.717) is 5.11 Å².